The van der Waals surface area contributed by atoms with Gasteiger partial charge >= 0.3 is 0 Å². The van der Waals surface area contributed by atoms with E-state index in [-0.39, 0.29) is 11.8 Å². The molecule has 4 nitrogen and oxygen atoms in total. The molecule has 5 heteroatoms. The lowest BCUT2D eigenvalue weighted by atomic mass is 10.1. The molecule has 1 aliphatic rings. The standard InChI is InChI=1S/C21H21ClN2O2/c1-23(15-17-4-9-18(22)10-5-17)20(25)13-8-16-6-11-19(12-7-16)24-14-2-3-21(24)26/h4-13H,2-3,14-15H2,1H3. The first kappa shape index (κ1) is 18.2. The monoisotopic (exact) mass is 368 g/mol. The Bertz CT molecular complexity index is 813. The Hall–Kier alpha value is -2.59. The van der Waals surface area contributed by atoms with E-state index >= 15 is 0 Å². The minimum absolute atomic E-state index is 0.0706. The van der Waals surface area contributed by atoms with Crippen LogP contribution in [0.4, 0.5) is 5.69 Å². The molecule has 0 aromatic heterocycles. The average Bonchev–Trinajstić information content (AvgIpc) is 3.08. The second kappa shape index (κ2) is 8.19. The van der Waals surface area contributed by atoms with E-state index in [0.29, 0.717) is 18.0 Å². The van der Waals surface area contributed by atoms with Crippen molar-refractivity contribution in [1.82, 2.24) is 4.90 Å². The van der Waals surface area contributed by atoms with Crippen LogP contribution in [0.5, 0.6) is 0 Å². The van der Waals surface area contributed by atoms with Crippen molar-refractivity contribution in [2.45, 2.75) is 19.4 Å². The summed E-state index contributed by atoms with van der Waals surface area (Å²) in [6.07, 6.45) is 4.88. The minimum atomic E-state index is -0.0706. The van der Waals surface area contributed by atoms with Crippen LogP contribution in [0.25, 0.3) is 6.08 Å². The summed E-state index contributed by atoms with van der Waals surface area (Å²) in [5.74, 6) is 0.103. The maximum Gasteiger partial charge on any atom is 0.246 e. The van der Waals surface area contributed by atoms with Crippen molar-refractivity contribution in [2.75, 3.05) is 18.5 Å². The fourth-order valence-electron chi connectivity index (χ4n) is 2.92. The molecule has 0 N–H and O–H groups in total. The molecule has 0 saturated carbocycles. The van der Waals surface area contributed by atoms with Gasteiger partial charge in [-0.25, -0.2) is 0 Å². The summed E-state index contributed by atoms with van der Waals surface area (Å²) in [6.45, 7) is 1.30. The van der Waals surface area contributed by atoms with Crippen molar-refractivity contribution in [1.29, 1.82) is 0 Å². The fraction of sp³-hybridized carbons (Fsp3) is 0.238. The molecule has 2 amide bonds. The van der Waals surface area contributed by atoms with Crippen LogP contribution >= 0.6 is 11.6 Å². The van der Waals surface area contributed by atoms with Gasteiger partial charge in [-0.05, 0) is 47.9 Å². The molecule has 0 unspecified atom stereocenters. The third-order valence-corrected chi connectivity index (χ3v) is 4.66. The van der Waals surface area contributed by atoms with Gasteiger partial charge in [0.2, 0.25) is 11.8 Å². The Morgan fingerprint density at radius 1 is 1.15 bits per heavy atom. The summed E-state index contributed by atoms with van der Waals surface area (Å²) < 4.78 is 0. The number of carbonyl (C=O) groups excluding carboxylic acids is 2. The molecule has 3 rings (SSSR count). The van der Waals surface area contributed by atoms with E-state index in [0.717, 1.165) is 29.8 Å². The van der Waals surface area contributed by atoms with E-state index < -0.39 is 0 Å². The lowest BCUT2D eigenvalue weighted by molar-refractivity contribution is -0.125. The molecule has 0 aliphatic carbocycles. The Kier molecular flexibility index (Phi) is 5.74. The van der Waals surface area contributed by atoms with Crippen molar-refractivity contribution >= 4 is 35.2 Å². The van der Waals surface area contributed by atoms with E-state index in [4.69, 9.17) is 11.6 Å². The van der Waals surface area contributed by atoms with E-state index in [1.165, 1.54) is 0 Å². The molecule has 2 aromatic rings. The van der Waals surface area contributed by atoms with Gasteiger partial charge in [0.05, 0.1) is 0 Å². The van der Waals surface area contributed by atoms with Gasteiger partial charge in [-0.2, -0.15) is 0 Å². The van der Waals surface area contributed by atoms with E-state index in [9.17, 15) is 9.59 Å². The number of nitrogens with zero attached hydrogens (tertiary/aromatic N) is 2. The van der Waals surface area contributed by atoms with Crippen molar-refractivity contribution in [2.24, 2.45) is 0 Å². The molecule has 1 fully saturated rings. The normalized spacial score (nSPS) is 14.2. The van der Waals surface area contributed by atoms with Crippen LogP contribution in [0.15, 0.2) is 54.6 Å². The zero-order chi connectivity index (χ0) is 18.5. The number of carbonyl (C=O) groups is 2. The first-order valence-electron chi connectivity index (χ1n) is 8.61. The Balaban J connectivity index is 1.58. The molecule has 0 atom stereocenters. The molecule has 26 heavy (non-hydrogen) atoms. The van der Waals surface area contributed by atoms with Crippen molar-refractivity contribution in [3.63, 3.8) is 0 Å². The first-order chi connectivity index (χ1) is 12.5. The summed E-state index contributed by atoms with van der Waals surface area (Å²) >= 11 is 5.88. The predicted octanol–water partition coefficient (Wildman–Crippen LogP) is 4.14. The molecular weight excluding hydrogens is 348 g/mol. The van der Waals surface area contributed by atoms with E-state index in [1.54, 1.807) is 29.0 Å². The van der Waals surface area contributed by atoms with Crippen molar-refractivity contribution < 1.29 is 9.59 Å². The molecule has 0 spiro atoms. The number of halogens is 1. The number of anilines is 1. The summed E-state index contributed by atoms with van der Waals surface area (Å²) in [5.41, 5.74) is 2.86. The molecule has 134 valence electrons. The highest BCUT2D eigenvalue weighted by Gasteiger charge is 2.21. The smallest absolute Gasteiger partial charge is 0.246 e. The molecule has 1 heterocycles. The topological polar surface area (TPSA) is 40.6 Å². The van der Waals surface area contributed by atoms with Gasteiger partial charge < -0.3 is 9.80 Å². The van der Waals surface area contributed by atoms with Gasteiger partial charge in [0.1, 0.15) is 0 Å². The van der Waals surface area contributed by atoms with Gasteiger partial charge in [-0.15, -0.1) is 0 Å². The zero-order valence-corrected chi connectivity index (χ0v) is 15.4. The molecular formula is C21H21ClN2O2. The molecule has 0 radical (unpaired) electrons. The van der Waals surface area contributed by atoms with Crippen LogP contribution in [0, 0.1) is 0 Å². The van der Waals surface area contributed by atoms with E-state index in [1.807, 2.05) is 48.5 Å². The Morgan fingerprint density at radius 3 is 2.46 bits per heavy atom. The number of rotatable bonds is 5. The third-order valence-electron chi connectivity index (χ3n) is 4.41. The molecule has 1 saturated heterocycles. The van der Waals surface area contributed by atoms with Gasteiger partial charge in [-0.1, -0.05) is 35.9 Å². The zero-order valence-electron chi connectivity index (χ0n) is 14.7. The molecule has 2 aromatic carbocycles. The average molecular weight is 369 g/mol. The van der Waals surface area contributed by atoms with Gasteiger partial charge in [0.25, 0.3) is 0 Å². The van der Waals surface area contributed by atoms with Crippen LogP contribution in [0.3, 0.4) is 0 Å². The largest absolute Gasteiger partial charge is 0.338 e. The summed E-state index contributed by atoms with van der Waals surface area (Å²) in [7, 11) is 1.77. The van der Waals surface area contributed by atoms with Crippen molar-refractivity contribution in [3.05, 3.63) is 70.8 Å². The highest BCUT2D eigenvalue weighted by Crippen LogP contribution is 2.22. The molecule has 0 bridgehead atoms. The highest BCUT2D eigenvalue weighted by molar-refractivity contribution is 6.30. The number of amides is 2. The van der Waals surface area contributed by atoms with Crippen LogP contribution in [0.1, 0.15) is 24.0 Å². The Morgan fingerprint density at radius 2 is 1.85 bits per heavy atom. The van der Waals surface area contributed by atoms with E-state index in [2.05, 4.69) is 0 Å². The summed E-state index contributed by atoms with van der Waals surface area (Å²) in [6, 6.07) is 15.1. The third kappa shape index (κ3) is 4.52. The quantitative estimate of drug-likeness (QED) is 0.744. The fourth-order valence-corrected chi connectivity index (χ4v) is 3.05. The van der Waals surface area contributed by atoms with Crippen molar-refractivity contribution in [3.8, 4) is 0 Å². The maximum absolute atomic E-state index is 12.3. The SMILES string of the molecule is CN(Cc1ccc(Cl)cc1)C(=O)C=Cc1ccc(N2CCCC2=O)cc1. The second-order valence-corrected chi connectivity index (χ2v) is 6.83. The molecule has 1 aliphatic heterocycles. The maximum atomic E-state index is 12.3. The Labute approximate surface area is 158 Å². The van der Waals surface area contributed by atoms with Gasteiger partial charge in [0.15, 0.2) is 0 Å². The van der Waals surface area contributed by atoms with Crippen LogP contribution < -0.4 is 4.90 Å². The van der Waals surface area contributed by atoms with Crippen LogP contribution in [0.2, 0.25) is 5.02 Å². The lowest BCUT2D eigenvalue weighted by Crippen LogP contribution is -2.24. The number of hydrogen-bond donors (Lipinski definition) is 0. The predicted molar refractivity (Wildman–Crippen MR) is 105 cm³/mol. The number of benzene rings is 2. The van der Waals surface area contributed by atoms with Gasteiger partial charge in [0, 0.05) is 43.3 Å². The number of hydrogen-bond acceptors (Lipinski definition) is 2. The number of likely N-dealkylation sites (N-methyl/N-ethyl adjacent to an activating group) is 1. The second-order valence-electron chi connectivity index (χ2n) is 6.39. The van der Waals surface area contributed by atoms with Gasteiger partial charge in [-0.3, -0.25) is 9.59 Å². The van der Waals surface area contributed by atoms with Crippen LogP contribution in [-0.4, -0.2) is 30.3 Å². The highest BCUT2D eigenvalue weighted by atomic mass is 35.5. The summed E-state index contributed by atoms with van der Waals surface area (Å²) in [4.78, 5) is 27.5. The lowest BCUT2D eigenvalue weighted by Gasteiger charge is -2.16. The first-order valence-corrected chi connectivity index (χ1v) is 8.99. The minimum Gasteiger partial charge on any atom is -0.338 e. The van der Waals surface area contributed by atoms with Crippen LogP contribution in [-0.2, 0) is 16.1 Å². The summed E-state index contributed by atoms with van der Waals surface area (Å²) in [5, 5.41) is 0.682.